The molecule has 0 saturated carbocycles. The van der Waals surface area contributed by atoms with Gasteiger partial charge in [-0.2, -0.15) is 0 Å². The predicted octanol–water partition coefficient (Wildman–Crippen LogP) is 2.73. The summed E-state index contributed by atoms with van der Waals surface area (Å²) >= 11 is 0. The van der Waals surface area contributed by atoms with E-state index in [1.165, 1.54) is 6.20 Å². The smallest absolute Gasteiger partial charge is 0.337 e. The number of carboxylic acids is 1. The number of carbonyl (C=O) groups is 1. The van der Waals surface area contributed by atoms with Gasteiger partial charge in [-0.25, -0.2) is 4.79 Å². The molecule has 1 rings (SSSR count). The summed E-state index contributed by atoms with van der Waals surface area (Å²) in [6, 6.07) is 3.23. The lowest BCUT2D eigenvalue weighted by atomic mass is 10.1. The van der Waals surface area contributed by atoms with E-state index in [0.717, 1.165) is 12.1 Å². The zero-order valence-electron chi connectivity index (χ0n) is 10.5. The van der Waals surface area contributed by atoms with E-state index in [1.807, 2.05) is 6.92 Å². The van der Waals surface area contributed by atoms with Crippen LogP contribution in [0.25, 0.3) is 0 Å². The highest BCUT2D eigenvalue weighted by atomic mass is 16.5. The number of pyridine rings is 1. The van der Waals surface area contributed by atoms with E-state index in [2.05, 4.69) is 18.8 Å². The molecule has 1 aromatic rings. The van der Waals surface area contributed by atoms with E-state index in [0.29, 0.717) is 12.5 Å². The molecule has 1 heterocycles. The molecule has 1 atom stereocenters. The van der Waals surface area contributed by atoms with Crippen molar-refractivity contribution >= 4 is 5.97 Å². The van der Waals surface area contributed by atoms with Gasteiger partial charge in [0.15, 0.2) is 0 Å². The van der Waals surface area contributed by atoms with E-state index in [4.69, 9.17) is 9.84 Å². The number of carboxylic acid groups (broad SMARTS) is 1. The summed E-state index contributed by atoms with van der Waals surface area (Å²) in [7, 11) is 0. The van der Waals surface area contributed by atoms with Crippen LogP contribution in [0.15, 0.2) is 18.3 Å². The summed E-state index contributed by atoms with van der Waals surface area (Å²) in [5.74, 6) is -0.356. The van der Waals surface area contributed by atoms with Crippen LogP contribution in [0, 0.1) is 5.92 Å². The minimum absolute atomic E-state index is 0.191. The molecule has 0 fully saturated rings. The highest BCUT2D eigenvalue weighted by molar-refractivity contribution is 5.87. The second kappa shape index (κ2) is 6.35. The van der Waals surface area contributed by atoms with Crippen LogP contribution >= 0.6 is 0 Å². The first-order valence-electron chi connectivity index (χ1n) is 5.79. The SMILES string of the molecule is CC(C)CC(C)OCc1ccc(C(=O)O)cn1. The summed E-state index contributed by atoms with van der Waals surface area (Å²) in [6.45, 7) is 6.76. The molecular formula is C13H19NO3. The van der Waals surface area contributed by atoms with E-state index >= 15 is 0 Å². The molecule has 0 aliphatic carbocycles. The molecule has 0 aromatic carbocycles. The van der Waals surface area contributed by atoms with Crippen LogP contribution in [0.1, 0.15) is 43.2 Å². The molecule has 17 heavy (non-hydrogen) atoms. The maximum atomic E-state index is 10.6. The minimum atomic E-state index is -0.960. The molecule has 0 amide bonds. The van der Waals surface area contributed by atoms with Crippen LogP contribution < -0.4 is 0 Å². The van der Waals surface area contributed by atoms with Crippen molar-refractivity contribution < 1.29 is 14.6 Å². The normalized spacial score (nSPS) is 12.7. The molecule has 0 bridgehead atoms. The maximum absolute atomic E-state index is 10.6. The highest BCUT2D eigenvalue weighted by Crippen LogP contribution is 2.10. The Morgan fingerprint density at radius 3 is 2.59 bits per heavy atom. The van der Waals surface area contributed by atoms with Crippen molar-refractivity contribution in [3.63, 3.8) is 0 Å². The zero-order valence-corrected chi connectivity index (χ0v) is 10.5. The van der Waals surface area contributed by atoms with Gasteiger partial charge in [0.2, 0.25) is 0 Å². The van der Waals surface area contributed by atoms with Crippen molar-refractivity contribution in [2.45, 2.75) is 39.9 Å². The number of rotatable bonds is 6. The van der Waals surface area contributed by atoms with Crippen LogP contribution in [-0.4, -0.2) is 22.2 Å². The van der Waals surface area contributed by atoms with Gasteiger partial charge in [0, 0.05) is 6.20 Å². The largest absolute Gasteiger partial charge is 0.478 e. The Morgan fingerprint density at radius 1 is 1.41 bits per heavy atom. The fraction of sp³-hybridized carbons (Fsp3) is 0.538. The van der Waals surface area contributed by atoms with E-state index in [1.54, 1.807) is 12.1 Å². The van der Waals surface area contributed by atoms with Crippen LogP contribution in [0.2, 0.25) is 0 Å². The quantitative estimate of drug-likeness (QED) is 0.826. The molecule has 1 unspecified atom stereocenters. The van der Waals surface area contributed by atoms with Gasteiger partial charge in [-0.15, -0.1) is 0 Å². The first-order valence-corrected chi connectivity index (χ1v) is 5.79. The predicted molar refractivity (Wildman–Crippen MR) is 64.9 cm³/mol. The Kier molecular flexibility index (Phi) is 5.10. The molecule has 1 N–H and O–H groups in total. The van der Waals surface area contributed by atoms with Gasteiger partial charge in [-0.05, 0) is 31.4 Å². The van der Waals surface area contributed by atoms with Crippen molar-refractivity contribution in [3.05, 3.63) is 29.6 Å². The zero-order chi connectivity index (χ0) is 12.8. The molecule has 0 radical (unpaired) electrons. The summed E-state index contributed by atoms with van der Waals surface area (Å²) in [5, 5.41) is 8.72. The molecule has 4 heteroatoms. The van der Waals surface area contributed by atoms with Crippen molar-refractivity contribution in [3.8, 4) is 0 Å². The molecule has 0 saturated heterocycles. The fourth-order valence-electron chi connectivity index (χ4n) is 1.60. The number of ether oxygens (including phenoxy) is 1. The summed E-state index contributed by atoms with van der Waals surface area (Å²) in [4.78, 5) is 14.7. The number of nitrogens with zero attached hydrogens (tertiary/aromatic N) is 1. The Labute approximate surface area is 102 Å². The number of hydrogen-bond acceptors (Lipinski definition) is 3. The average Bonchev–Trinajstić information content (AvgIpc) is 2.26. The van der Waals surface area contributed by atoms with Crippen LogP contribution in [-0.2, 0) is 11.3 Å². The third-order valence-corrected chi connectivity index (χ3v) is 2.39. The van der Waals surface area contributed by atoms with Gasteiger partial charge in [0.05, 0.1) is 24.0 Å². The molecule has 1 aromatic heterocycles. The topological polar surface area (TPSA) is 59.4 Å². The maximum Gasteiger partial charge on any atom is 0.337 e. The standard InChI is InChI=1S/C13H19NO3/c1-9(2)6-10(3)17-8-12-5-4-11(7-14-12)13(15)16/h4-5,7,9-10H,6,8H2,1-3H3,(H,15,16). The van der Waals surface area contributed by atoms with Gasteiger partial charge < -0.3 is 9.84 Å². The lowest BCUT2D eigenvalue weighted by Gasteiger charge is -2.14. The Balaban J connectivity index is 2.44. The third kappa shape index (κ3) is 4.95. The fourth-order valence-corrected chi connectivity index (χ4v) is 1.60. The van der Waals surface area contributed by atoms with Gasteiger partial charge in [-0.1, -0.05) is 13.8 Å². The monoisotopic (exact) mass is 237 g/mol. The Hall–Kier alpha value is -1.42. The first-order chi connectivity index (χ1) is 7.99. The molecule has 0 aliphatic heterocycles. The van der Waals surface area contributed by atoms with Gasteiger partial charge in [-0.3, -0.25) is 4.98 Å². The average molecular weight is 237 g/mol. The molecule has 4 nitrogen and oxygen atoms in total. The first kappa shape index (κ1) is 13.6. The highest BCUT2D eigenvalue weighted by Gasteiger charge is 2.07. The second-order valence-corrected chi connectivity index (χ2v) is 4.59. The van der Waals surface area contributed by atoms with Crippen molar-refractivity contribution in [1.82, 2.24) is 4.98 Å². The third-order valence-electron chi connectivity index (χ3n) is 2.39. The molecule has 0 aliphatic rings. The van der Waals surface area contributed by atoms with Crippen LogP contribution in [0.5, 0.6) is 0 Å². The van der Waals surface area contributed by atoms with Crippen molar-refractivity contribution in [1.29, 1.82) is 0 Å². The van der Waals surface area contributed by atoms with E-state index < -0.39 is 5.97 Å². The van der Waals surface area contributed by atoms with Gasteiger partial charge in [0.25, 0.3) is 0 Å². The second-order valence-electron chi connectivity index (χ2n) is 4.59. The number of hydrogen-bond donors (Lipinski definition) is 1. The minimum Gasteiger partial charge on any atom is -0.478 e. The lowest BCUT2D eigenvalue weighted by Crippen LogP contribution is -2.11. The molecule has 0 spiro atoms. The summed E-state index contributed by atoms with van der Waals surface area (Å²) in [6.07, 6.45) is 2.55. The van der Waals surface area contributed by atoms with E-state index in [9.17, 15) is 4.79 Å². The number of aromatic carboxylic acids is 1. The molecular weight excluding hydrogens is 218 g/mol. The summed E-state index contributed by atoms with van der Waals surface area (Å²) in [5.41, 5.74) is 0.953. The Bertz CT molecular complexity index is 359. The van der Waals surface area contributed by atoms with Crippen molar-refractivity contribution in [2.75, 3.05) is 0 Å². The molecule has 94 valence electrons. The van der Waals surface area contributed by atoms with E-state index in [-0.39, 0.29) is 11.7 Å². The number of aromatic nitrogens is 1. The summed E-state index contributed by atoms with van der Waals surface area (Å²) < 4.78 is 5.63. The van der Waals surface area contributed by atoms with Gasteiger partial charge >= 0.3 is 5.97 Å². The lowest BCUT2D eigenvalue weighted by molar-refractivity contribution is 0.0378. The van der Waals surface area contributed by atoms with Crippen molar-refractivity contribution in [2.24, 2.45) is 5.92 Å². The Morgan fingerprint density at radius 2 is 2.12 bits per heavy atom. The van der Waals surface area contributed by atoms with Crippen LogP contribution in [0.3, 0.4) is 0 Å². The van der Waals surface area contributed by atoms with Crippen LogP contribution in [0.4, 0.5) is 0 Å². The van der Waals surface area contributed by atoms with Gasteiger partial charge in [0.1, 0.15) is 0 Å².